The second kappa shape index (κ2) is 6.34. The van der Waals surface area contributed by atoms with Gasteiger partial charge in [-0.25, -0.2) is 0 Å². The zero-order valence-corrected chi connectivity index (χ0v) is 11.3. The minimum Gasteiger partial charge on any atom is -0.481 e. The molecule has 0 saturated carbocycles. The number of carboxylic acids is 1. The lowest BCUT2D eigenvalue weighted by Crippen LogP contribution is -2.52. The molecule has 108 valence electrons. The van der Waals surface area contributed by atoms with E-state index in [9.17, 15) is 14.7 Å². The first-order chi connectivity index (χ1) is 9.15. The van der Waals surface area contributed by atoms with Crippen molar-refractivity contribution >= 4 is 11.9 Å². The minimum absolute atomic E-state index is 0.0288. The van der Waals surface area contributed by atoms with Gasteiger partial charge in [0.1, 0.15) is 5.92 Å². The number of aliphatic carboxylic acids is 1. The average Bonchev–Trinajstić information content (AvgIpc) is 3.05. The highest BCUT2D eigenvalue weighted by atomic mass is 16.5. The summed E-state index contributed by atoms with van der Waals surface area (Å²) in [4.78, 5) is 25.5. The molecule has 2 aliphatic heterocycles. The first kappa shape index (κ1) is 14.3. The van der Waals surface area contributed by atoms with E-state index >= 15 is 0 Å². The van der Waals surface area contributed by atoms with Crippen molar-refractivity contribution in [3.63, 3.8) is 0 Å². The van der Waals surface area contributed by atoms with Crippen molar-refractivity contribution in [3.05, 3.63) is 0 Å². The summed E-state index contributed by atoms with van der Waals surface area (Å²) in [6.45, 7) is 3.98. The van der Waals surface area contributed by atoms with Crippen LogP contribution in [0, 0.1) is 5.92 Å². The summed E-state index contributed by atoms with van der Waals surface area (Å²) in [5, 5.41) is 12.4. The summed E-state index contributed by atoms with van der Waals surface area (Å²) < 4.78 is 5.28. The largest absolute Gasteiger partial charge is 0.481 e. The molecule has 1 amide bonds. The fourth-order valence-electron chi connectivity index (χ4n) is 2.86. The fraction of sp³-hybridized carbons (Fsp3) is 0.846. The molecule has 3 atom stereocenters. The van der Waals surface area contributed by atoms with Gasteiger partial charge in [-0.15, -0.1) is 0 Å². The van der Waals surface area contributed by atoms with Gasteiger partial charge < -0.3 is 20.1 Å². The van der Waals surface area contributed by atoms with Gasteiger partial charge in [0.25, 0.3) is 0 Å². The number of hydrogen-bond acceptors (Lipinski definition) is 4. The number of ether oxygens (including phenoxy) is 1. The van der Waals surface area contributed by atoms with Gasteiger partial charge in [0.05, 0.1) is 25.3 Å². The van der Waals surface area contributed by atoms with E-state index in [2.05, 4.69) is 5.32 Å². The molecule has 0 aliphatic carbocycles. The van der Waals surface area contributed by atoms with E-state index < -0.39 is 11.9 Å². The summed E-state index contributed by atoms with van der Waals surface area (Å²) in [5.41, 5.74) is 0. The lowest BCUT2D eigenvalue weighted by atomic mass is 10.0. The summed E-state index contributed by atoms with van der Waals surface area (Å²) in [6.07, 6.45) is 2.66. The molecule has 6 nitrogen and oxygen atoms in total. The summed E-state index contributed by atoms with van der Waals surface area (Å²) in [5.74, 6) is -1.45. The number of carbonyl (C=O) groups excluding carboxylic acids is 1. The van der Waals surface area contributed by atoms with Crippen molar-refractivity contribution in [2.75, 3.05) is 26.3 Å². The summed E-state index contributed by atoms with van der Waals surface area (Å²) >= 11 is 0. The Hall–Kier alpha value is -1.14. The van der Waals surface area contributed by atoms with Gasteiger partial charge in [-0.1, -0.05) is 6.92 Å². The molecular formula is C13H22N2O4. The van der Waals surface area contributed by atoms with Crippen molar-refractivity contribution in [1.29, 1.82) is 0 Å². The first-order valence-corrected chi connectivity index (χ1v) is 6.99. The Kier molecular flexibility index (Phi) is 4.76. The monoisotopic (exact) mass is 270 g/mol. The molecule has 0 aromatic rings. The standard InChI is InChI=1S/C13H22N2O4/c1-2-6-15(12(16)10-4-3-5-14-10)11-8-19-7-9(11)13(17)18/h9-11,14H,2-8H2,1H3,(H,17,18). The van der Waals surface area contributed by atoms with Crippen LogP contribution in [0.2, 0.25) is 0 Å². The van der Waals surface area contributed by atoms with Crippen LogP contribution < -0.4 is 5.32 Å². The van der Waals surface area contributed by atoms with E-state index in [1.54, 1.807) is 4.90 Å². The van der Waals surface area contributed by atoms with Crippen molar-refractivity contribution < 1.29 is 19.4 Å². The van der Waals surface area contributed by atoms with Gasteiger partial charge in [-0.05, 0) is 25.8 Å². The minimum atomic E-state index is -0.879. The van der Waals surface area contributed by atoms with E-state index in [0.29, 0.717) is 13.2 Å². The van der Waals surface area contributed by atoms with Crippen LogP contribution in [0.15, 0.2) is 0 Å². The molecule has 0 spiro atoms. The third kappa shape index (κ3) is 3.06. The van der Waals surface area contributed by atoms with Gasteiger partial charge in [0.15, 0.2) is 0 Å². The fourth-order valence-corrected chi connectivity index (χ4v) is 2.86. The Morgan fingerprint density at radius 2 is 2.21 bits per heavy atom. The predicted octanol–water partition coefficient (Wildman–Crippen LogP) is 0.0766. The van der Waals surface area contributed by atoms with Crippen molar-refractivity contribution in [1.82, 2.24) is 10.2 Å². The highest BCUT2D eigenvalue weighted by Gasteiger charge is 2.41. The Labute approximate surface area is 113 Å². The van der Waals surface area contributed by atoms with Crippen LogP contribution in [0.5, 0.6) is 0 Å². The molecule has 2 heterocycles. The van der Waals surface area contributed by atoms with Crippen LogP contribution in [0.4, 0.5) is 0 Å². The van der Waals surface area contributed by atoms with E-state index in [0.717, 1.165) is 25.8 Å². The van der Waals surface area contributed by atoms with E-state index in [-0.39, 0.29) is 24.6 Å². The lowest BCUT2D eigenvalue weighted by Gasteiger charge is -2.32. The number of carboxylic acid groups (broad SMARTS) is 1. The van der Waals surface area contributed by atoms with Gasteiger partial charge in [0.2, 0.25) is 5.91 Å². The van der Waals surface area contributed by atoms with Crippen LogP contribution in [0.25, 0.3) is 0 Å². The van der Waals surface area contributed by atoms with Gasteiger partial charge in [0, 0.05) is 6.54 Å². The van der Waals surface area contributed by atoms with Crippen LogP contribution in [0.1, 0.15) is 26.2 Å². The van der Waals surface area contributed by atoms with Crippen LogP contribution in [-0.2, 0) is 14.3 Å². The second-order valence-corrected chi connectivity index (χ2v) is 5.23. The maximum atomic E-state index is 12.5. The molecule has 6 heteroatoms. The molecular weight excluding hydrogens is 248 g/mol. The maximum Gasteiger partial charge on any atom is 0.311 e. The van der Waals surface area contributed by atoms with E-state index in [1.807, 2.05) is 6.92 Å². The Morgan fingerprint density at radius 3 is 2.79 bits per heavy atom. The number of carbonyl (C=O) groups is 2. The molecule has 3 unspecified atom stereocenters. The van der Waals surface area contributed by atoms with Crippen LogP contribution in [0.3, 0.4) is 0 Å². The molecule has 2 aliphatic rings. The zero-order chi connectivity index (χ0) is 13.8. The molecule has 0 bridgehead atoms. The van der Waals surface area contributed by atoms with Crippen molar-refractivity contribution in [2.45, 2.75) is 38.3 Å². The molecule has 2 rings (SSSR count). The summed E-state index contributed by atoms with van der Waals surface area (Å²) in [7, 11) is 0. The third-order valence-electron chi connectivity index (χ3n) is 3.87. The molecule has 2 saturated heterocycles. The maximum absolute atomic E-state index is 12.5. The van der Waals surface area contributed by atoms with Gasteiger partial charge in [-0.2, -0.15) is 0 Å². The Balaban J connectivity index is 2.09. The number of hydrogen-bond donors (Lipinski definition) is 2. The second-order valence-electron chi connectivity index (χ2n) is 5.23. The van der Waals surface area contributed by atoms with Crippen molar-refractivity contribution in [3.8, 4) is 0 Å². The Morgan fingerprint density at radius 1 is 1.42 bits per heavy atom. The molecule has 0 aromatic heterocycles. The summed E-state index contributed by atoms with van der Waals surface area (Å²) in [6, 6.07) is -0.478. The number of amides is 1. The van der Waals surface area contributed by atoms with Crippen LogP contribution >= 0.6 is 0 Å². The Bertz CT molecular complexity index is 342. The topological polar surface area (TPSA) is 78.9 Å². The van der Waals surface area contributed by atoms with E-state index in [4.69, 9.17) is 4.74 Å². The number of nitrogens with zero attached hydrogens (tertiary/aromatic N) is 1. The molecule has 2 fully saturated rings. The quantitative estimate of drug-likeness (QED) is 0.739. The highest BCUT2D eigenvalue weighted by molar-refractivity contribution is 5.83. The molecule has 0 aromatic carbocycles. The SMILES string of the molecule is CCCN(C(=O)C1CCCN1)C1COCC1C(=O)O. The zero-order valence-electron chi connectivity index (χ0n) is 11.3. The van der Waals surface area contributed by atoms with Crippen LogP contribution in [-0.4, -0.2) is 60.3 Å². The van der Waals surface area contributed by atoms with Gasteiger partial charge >= 0.3 is 5.97 Å². The number of nitrogens with one attached hydrogen (secondary N) is 1. The normalized spacial score (nSPS) is 30.5. The first-order valence-electron chi connectivity index (χ1n) is 6.99. The smallest absolute Gasteiger partial charge is 0.311 e. The average molecular weight is 270 g/mol. The number of rotatable bonds is 5. The molecule has 19 heavy (non-hydrogen) atoms. The van der Waals surface area contributed by atoms with Crippen molar-refractivity contribution in [2.24, 2.45) is 5.92 Å². The molecule has 2 N–H and O–H groups in total. The predicted molar refractivity (Wildman–Crippen MR) is 68.8 cm³/mol. The van der Waals surface area contributed by atoms with E-state index in [1.165, 1.54) is 0 Å². The lowest BCUT2D eigenvalue weighted by molar-refractivity contribution is -0.145. The highest BCUT2D eigenvalue weighted by Crippen LogP contribution is 2.22. The molecule has 0 radical (unpaired) electrons. The third-order valence-corrected chi connectivity index (χ3v) is 3.87. The van der Waals surface area contributed by atoms with Gasteiger partial charge in [-0.3, -0.25) is 9.59 Å².